The Hall–Kier alpha value is -3.01. The Morgan fingerprint density at radius 2 is 1.88 bits per heavy atom. The number of nitriles is 1. The predicted octanol–water partition coefficient (Wildman–Crippen LogP) is 2.14. The van der Waals surface area contributed by atoms with Crippen LogP contribution in [-0.4, -0.2) is 25.2 Å². The average molecular weight is 330 g/mol. The molecule has 1 aromatic heterocycles. The van der Waals surface area contributed by atoms with Gasteiger partial charge in [0.2, 0.25) is 0 Å². The molecule has 0 saturated heterocycles. The largest absolute Gasteiger partial charge is 0.468 e. The summed E-state index contributed by atoms with van der Waals surface area (Å²) < 4.78 is 15.6. The van der Waals surface area contributed by atoms with Crippen LogP contribution in [0.2, 0.25) is 0 Å². The van der Waals surface area contributed by atoms with E-state index in [0.717, 1.165) is 0 Å². The number of carbonyl (C=O) groups is 2. The first-order chi connectivity index (χ1) is 11.5. The van der Waals surface area contributed by atoms with Gasteiger partial charge in [-0.2, -0.15) is 5.26 Å². The number of hydrogen-bond acceptors (Lipinski definition) is 7. The second-order valence-corrected chi connectivity index (χ2v) is 4.95. The average Bonchev–Trinajstić information content (AvgIpc) is 3.08. The number of nitrogens with one attached hydrogen (secondary N) is 1. The SMILES string of the molecule is CCOC(=O)C1=C(C)NC(C#N)=C(C(=O)OCC)C1c1ccco1. The topological polar surface area (TPSA) is 102 Å². The fourth-order valence-corrected chi connectivity index (χ4v) is 2.56. The summed E-state index contributed by atoms with van der Waals surface area (Å²) in [5, 5.41) is 12.2. The molecule has 1 aromatic rings. The summed E-state index contributed by atoms with van der Waals surface area (Å²) in [5.74, 6) is -1.77. The zero-order chi connectivity index (χ0) is 17.7. The van der Waals surface area contributed by atoms with Crippen LogP contribution in [0.1, 0.15) is 32.4 Å². The fraction of sp³-hybridized carbons (Fsp3) is 0.353. The predicted molar refractivity (Wildman–Crippen MR) is 83.2 cm³/mol. The molecule has 0 radical (unpaired) electrons. The van der Waals surface area contributed by atoms with E-state index in [1.54, 1.807) is 32.9 Å². The first kappa shape index (κ1) is 17.3. The van der Waals surface area contributed by atoms with Crippen LogP contribution < -0.4 is 5.32 Å². The minimum Gasteiger partial charge on any atom is -0.468 e. The van der Waals surface area contributed by atoms with E-state index in [9.17, 15) is 14.9 Å². The molecular weight excluding hydrogens is 312 g/mol. The number of nitrogens with zero attached hydrogens (tertiary/aromatic N) is 1. The number of hydrogen-bond donors (Lipinski definition) is 1. The van der Waals surface area contributed by atoms with Crippen molar-refractivity contribution in [2.45, 2.75) is 26.7 Å². The summed E-state index contributed by atoms with van der Waals surface area (Å²) in [7, 11) is 0. The van der Waals surface area contributed by atoms with Crippen molar-refractivity contribution in [3.05, 3.63) is 46.7 Å². The van der Waals surface area contributed by atoms with Gasteiger partial charge in [-0.3, -0.25) is 0 Å². The van der Waals surface area contributed by atoms with E-state index < -0.39 is 17.9 Å². The van der Waals surface area contributed by atoms with Gasteiger partial charge in [-0.15, -0.1) is 0 Å². The molecule has 0 amide bonds. The third-order valence-corrected chi connectivity index (χ3v) is 3.49. The minimum atomic E-state index is -0.867. The number of carbonyl (C=O) groups excluding carboxylic acids is 2. The van der Waals surface area contributed by atoms with E-state index >= 15 is 0 Å². The molecule has 1 unspecified atom stereocenters. The lowest BCUT2D eigenvalue weighted by molar-refractivity contribution is -0.139. The van der Waals surface area contributed by atoms with Crippen LogP contribution in [0.25, 0.3) is 0 Å². The highest BCUT2D eigenvalue weighted by Gasteiger charge is 2.40. The Morgan fingerprint density at radius 3 is 2.38 bits per heavy atom. The Kier molecular flexibility index (Phi) is 5.42. The second-order valence-electron chi connectivity index (χ2n) is 4.95. The van der Waals surface area contributed by atoms with Gasteiger partial charge >= 0.3 is 11.9 Å². The highest BCUT2D eigenvalue weighted by molar-refractivity contribution is 6.00. The van der Waals surface area contributed by atoms with Crippen molar-refractivity contribution in [3.63, 3.8) is 0 Å². The van der Waals surface area contributed by atoms with Crippen LogP contribution in [0.15, 0.2) is 45.4 Å². The van der Waals surface area contributed by atoms with Crippen molar-refractivity contribution in [1.29, 1.82) is 5.26 Å². The lowest BCUT2D eigenvalue weighted by Gasteiger charge is -2.27. The standard InChI is InChI=1S/C17H18N2O5/c1-4-22-16(20)13-10(3)19-11(9-18)14(17(21)23-5-2)15(13)12-7-6-8-24-12/h6-8,15,19H,4-5H2,1-3H3. The molecule has 7 heteroatoms. The van der Waals surface area contributed by atoms with Gasteiger partial charge in [-0.25, -0.2) is 9.59 Å². The number of dihydropyridines is 1. The molecule has 1 N–H and O–H groups in total. The van der Waals surface area contributed by atoms with E-state index in [1.807, 2.05) is 6.07 Å². The lowest BCUT2D eigenvalue weighted by atomic mass is 9.83. The zero-order valence-corrected chi connectivity index (χ0v) is 13.7. The van der Waals surface area contributed by atoms with Crippen molar-refractivity contribution in [1.82, 2.24) is 5.32 Å². The maximum atomic E-state index is 12.4. The quantitative estimate of drug-likeness (QED) is 0.825. The van der Waals surface area contributed by atoms with Gasteiger partial charge in [-0.05, 0) is 32.9 Å². The molecule has 126 valence electrons. The van der Waals surface area contributed by atoms with Gasteiger partial charge in [-0.1, -0.05) is 0 Å². The van der Waals surface area contributed by atoms with Crippen LogP contribution in [0.5, 0.6) is 0 Å². The lowest BCUT2D eigenvalue weighted by Crippen LogP contribution is -2.32. The van der Waals surface area contributed by atoms with Crippen LogP contribution >= 0.6 is 0 Å². The first-order valence-corrected chi connectivity index (χ1v) is 7.54. The summed E-state index contributed by atoms with van der Waals surface area (Å²) in [6.07, 6.45) is 1.43. The monoisotopic (exact) mass is 330 g/mol. The molecule has 24 heavy (non-hydrogen) atoms. The van der Waals surface area contributed by atoms with E-state index in [2.05, 4.69) is 5.32 Å². The van der Waals surface area contributed by atoms with Crippen molar-refractivity contribution in [2.75, 3.05) is 13.2 Å². The van der Waals surface area contributed by atoms with Gasteiger partial charge in [0.1, 0.15) is 17.5 Å². The molecule has 0 aromatic carbocycles. The highest BCUT2D eigenvalue weighted by Crippen LogP contribution is 2.39. The Labute approximate surface area is 139 Å². The summed E-state index contributed by atoms with van der Waals surface area (Å²) in [4.78, 5) is 24.8. The Morgan fingerprint density at radius 1 is 1.25 bits per heavy atom. The maximum Gasteiger partial charge on any atom is 0.337 e. The zero-order valence-electron chi connectivity index (χ0n) is 13.7. The van der Waals surface area contributed by atoms with Crippen LogP contribution in [0.3, 0.4) is 0 Å². The smallest absolute Gasteiger partial charge is 0.337 e. The van der Waals surface area contributed by atoms with Gasteiger partial charge in [0.15, 0.2) is 0 Å². The molecule has 0 fully saturated rings. The van der Waals surface area contributed by atoms with E-state index in [0.29, 0.717) is 11.5 Å². The van der Waals surface area contributed by atoms with Gasteiger partial charge in [0.05, 0.1) is 36.5 Å². The van der Waals surface area contributed by atoms with Crippen molar-refractivity contribution >= 4 is 11.9 Å². The Bertz CT molecular complexity index is 738. The number of esters is 2. The Balaban J connectivity index is 2.63. The number of allylic oxidation sites excluding steroid dienone is 2. The molecular formula is C17H18N2O5. The third-order valence-electron chi connectivity index (χ3n) is 3.49. The van der Waals surface area contributed by atoms with Gasteiger partial charge in [0, 0.05) is 5.70 Å². The fourth-order valence-electron chi connectivity index (χ4n) is 2.56. The van der Waals surface area contributed by atoms with Crippen LogP contribution in [0, 0.1) is 11.3 Å². The van der Waals surface area contributed by atoms with E-state index in [1.165, 1.54) is 6.26 Å². The van der Waals surface area contributed by atoms with Crippen molar-refractivity contribution in [3.8, 4) is 6.07 Å². The summed E-state index contributed by atoms with van der Waals surface area (Å²) in [6, 6.07) is 5.23. The van der Waals surface area contributed by atoms with Crippen molar-refractivity contribution in [2.24, 2.45) is 0 Å². The number of ether oxygens (including phenoxy) is 2. The molecule has 7 nitrogen and oxygen atoms in total. The molecule has 0 bridgehead atoms. The minimum absolute atomic E-state index is 0.0281. The number of rotatable bonds is 5. The first-order valence-electron chi connectivity index (χ1n) is 7.54. The summed E-state index contributed by atoms with van der Waals surface area (Å²) in [5.41, 5.74) is 0.705. The van der Waals surface area contributed by atoms with Gasteiger partial charge < -0.3 is 19.2 Å². The molecule has 1 atom stereocenters. The van der Waals surface area contributed by atoms with E-state index in [-0.39, 0.29) is 30.1 Å². The summed E-state index contributed by atoms with van der Waals surface area (Å²) >= 11 is 0. The molecule has 0 aliphatic carbocycles. The second kappa shape index (κ2) is 7.51. The highest BCUT2D eigenvalue weighted by atomic mass is 16.5. The molecule has 1 aliphatic heterocycles. The summed E-state index contributed by atoms with van der Waals surface area (Å²) in [6.45, 7) is 5.32. The molecule has 0 spiro atoms. The van der Waals surface area contributed by atoms with E-state index in [4.69, 9.17) is 13.9 Å². The van der Waals surface area contributed by atoms with Crippen LogP contribution in [-0.2, 0) is 19.1 Å². The molecule has 2 rings (SSSR count). The molecule has 2 heterocycles. The number of furan rings is 1. The normalized spacial score (nSPS) is 17.2. The maximum absolute atomic E-state index is 12.4. The van der Waals surface area contributed by atoms with Crippen LogP contribution in [0.4, 0.5) is 0 Å². The third kappa shape index (κ3) is 3.18. The molecule has 0 saturated carbocycles. The molecule has 1 aliphatic rings. The van der Waals surface area contributed by atoms with Gasteiger partial charge in [0.25, 0.3) is 0 Å². The van der Waals surface area contributed by atoms with Crippen molar-refractivity contribution < 1.29 is 23.5 Å².